The molecule has 0 fully saturated rings. The predicted molar refractivity (Wildman–Crippen MR) is 122 cm³/mol. The van der Waals surface area contributed by atoms with E-state index in [4.69, 9.17) is 34.8 Å². The SMILES string of the molecule is O=C(C[C@H](c1ccc(Cl)c(Cl)c1)c1c[nH]c2ccc(Cl)cc12)NCc1ccncc1. The number of fused-ring (bicyclic) bond motifs is 1. The van der Waals surface area contributed by atoms with E-state index in [0.717, 1.165) is 27.6 Å². The van der Waals surface area contributed by atoms with Crippen molar-refractivity contribution in [1.29, 1.82) is 0 Å². The van der Waals surface area contributed by atoms with Crippen molar-refractivity contribution in [3.63, 3.8) is 0 Å². The highest BCUT2D eigenvalue weighted by atomic mass is 35.5. The van der Waals surface area contributed by atoms with Crippen LogP contribution in [0.1, 0.15) is 29.0 Å². The molecule has 2 heterocycles. The second-order valence-corrected chi connectivity index (χ2v) is 8.25. The smallest absolute Gasteiger partial charge is 0.221 e. The first-order valence-electron chi connectivity index (χ1n) is 9.38. The number of pyridine rings is 1. The summed E-state index contributed by atoms with van der Waals surface area (Å²) >= 11 is 18.6. The fourth-order valence-corrected chi connectivity index (χ4v) is 3.98. The van der Waals surface area contributed by atoms with Crippen LogP contribution in [0.25, 0.3) is 10.9 Å². The summed E-state index contributed by atoms with van der Waals surface area (Å²) in [5.74, 6) is -0.288. The number of benzene rings is 2. The van der Waals surface area contributed by atoms with Gasteiger partial charge in [-0.05, 0) is 59.2 Å². The van der Waals surface area contributed by atoms with E-state index in [1.165, 1.54) is 0 Å². The molecule has 0 bridgehead atoms. The molecule has 4 nitrogen and oxygen atoms in total. The highest BCUT2D eigenvalue weighted by Crippen LogP contribution is 2.36. The van der Waals surface area contributed by atoms with Gasteiger partial charge in [0.2, 0.25) is 5.91 Å². The van der Waals surface area contributed by atoms with Crippen LogP contribution in [0.3, 0.4) is 0 Å². The van der Waals surface area contributed by atoms with Gasteiger partial charge in [-0.1, -0.05) is 40.9 Å². The van der Waals surface area contributed by atoms with Gasteiger partial charge in [-0.25, -0.2) is 0 Å². The molecule has 0 aliphatic rings. The summed E-state index contributed by atoms with van der Waals surface area (Å²) in [6.07, 6.45) is 5.58. The highest BCUT2D eigenvalue weighted by Gasteiger charge is 2.22. The van der Waals surface area contributed by atoms with E-state index >= 15 is 0 Å². The fourth-order valence-electron chi connectivity index (χ4n) is 3.50. The minimum absolute atomic E-state index is 0.0701. The van der Waals surface area contributed by atoms with Crippen molar-refractivity contribution >= 4 is 51.6 Å². The molecule has 0 radical (unpaired) electrons. The molecule has 1 amide bonds. The predicted octanol–water partition coefficient (Wildman–Crippen LogP) is 6.36. The molecule has 0 unspecified atom stereocenters. The lowest BCUT2D eigenvalue weighted by Crippen LogP contribution is -2.25. The molecule has 0 aliphatic heterocycles. The lowest BCUT2D eigenvalue weighted by Gasteiger charge is -2.18. The van der Waals surface area contributed by atoms with Crippen molar-refractivity contribution in [3.8, 4) is 0 Å². The monoisotopic (exact) mass is 457 g/mol. The maximum absolute atomic E-state index is 12.8. The van der Waals surface area contributed by atoms with Crippen LogP contribution in [0.15, 0.2) is 67.1 Å². The van der Waals surface area contributed by atoms with Crippen LogP contribution in [0.4, 0.5) is 0 Å². The summed E-state index contributed by atoms with van der Waals surface area (Å²) < 4.78 is 0. The normalized spacial score (nSPS) is 12.1. The number of carbonyl (C=O) groups is 1. The third kappa shape index (κ3) is 4.62. The van der Waals surface area contributed by atoms with Crippen molar-refractivity contribution in [2.24, 2.45) is 0 Å². The van der Waals surface area contributed by atoms with E-state index in [-0.39, 0.29) is 18.2 Å². The topological polar surface area (TPSA) is 57.8 Å². The molecule has 152 valence electrons. The standard InChI is InChI=1S/C23H18Cl3N3O/c24-16-2-4-22-18(10-16)19(13-28-22)17(15-1-3-20(25)21(26)9-15)11-23(30)29-12-14-5-7-27-8-6-14/h1-10,13,17,28H,11-12H2,(H,29,30)/t17-/m1/s1. The lowest BCUT2D eigenvalue weighted by atomic mass is 9.88. The van der Waals surface area contributed by atoms with Crippen molar-refractivity contribution < 1.29 is 4.79 Å². The Hall–Kier alpha value is -2.53. The van der Waals surface area contributed by atoms with Crippen molar-refractivity contribution in [2.45, 2.75) is 18.9 Å². The molecule has 30 heavy (non-hydrogen) atoms. The molecule has 2 N–H and O–H groups in total. The maximum Gasteiger partial charge on any atom is 0.221 e. The van der Waals surface area contributed by atoms with Gasteiger partial charge in [-0.15, -0.1) is 0 Å². The number of amides is 1. The van der Waals surface area contributed by atoms with Crippen LogP contribution < -0.4 is 5.32 Å². The van der Waals surface area contributed by atoms with Gasteiger partial charge in [0.05, 0.1) is 10.0 Å². The summed E-state index contributed by atoms with van der Waals surface area (Å²) in [5.41, 5.74) is 3.83. The molecule has 0 saturated carbocycles. The van der Waals surface area contributed by atoms with Crippen LogP contribution in [-0.2, 0) is 11.3 Å². The van der Waals surface area contributed by atoms with Crippen LogP contribution >= 0.6 is 34.8 Å². The average molecular weight is 459 g/mol. The van der Waals surface area contributed by atoms with Gasteiger partial charge in [-0.2, -0.15) is 0 Å². The maximum atomic E-state index is 12.8. The number of carbonyl (C=O) groups excluding carboxylic acids is 1. The number of nitrogens with one attached hydrogen (secondary N) is 2. The summed E-state index contributed by atoms with van der Waals surface area (Å²) in [5, 5.41) is 5.52. The van der Waals surface area contributed by atoms with Gasteiger partial charge in [0.1, 0.15) is 0 Å². The van der Waals surface area contributed by atoms with E-state index in [9.17, 15) is 4.79 Å². The molecule has 0 saturated heterocycles. The van der Waals surface area contributed by atoms with Crippen LogP contribution in [0.5, 0.6) is 0 Å². The van der Waals surface area contributed by atoms with E-state index in [0.29, 0.717) is 21.6 Å². The Morgan fingerprint density at radius 3 is 2.57 bits per heavy atom. The zero-order chi connectivity index (χ0) is 21.1. The first kappa shape index (κ1) is 20.7. The number of hydrogen-bond donors (Lipinski definition) is 2. The number of nitrogens with zero attached hydrogens (tertiary/aromatic N) is 1. The van der Waals surface area contributed by atoms with Gasteiger partial charge < -0.3 is 10.3 Å². The van der Waals surface area contributed by atoms with Crippen molar-refractivity contribution in [3.05, 3.63) is 98.9 Å². The molecule has 7 heteroatoms. The van der Waals surface area contributed by atoms with Crippen molar-refractivity contribution in [1.82, 2.24) is 15.3 Å². The number of rotatable bonds is 6. The number of hydrogen-bond acceptors (Lipinski definition) is 2. The highest BCUT2D eigenvalue weighted by molar-refractivity contribution is 6.42. The summed E-state index contributed by atoms with van der Waals surface area (Å²) in [7, 11) is 0. The number of halogens is 3. The Bertz CT molecular complexity index is 1190. The molecule has 2 aromatic carbocycles. The minimum Gasteiger partial charge on any atom is -0.361 e. The molecule has 2 aromatic heterocycles. The van der Waals surface area contributed by atoms with Gasteiger partial charge in [0.15, 0.2) is 0 Å². The average Bonchev–Trinajstić information content (AvgIpc) is 3.16. The largest absolute Gasteiger partial charge is 0.361 e. The molecule has 0 spiro atoms. The molecular formula is C23H18Cl3N3O. The van der Waals surface area contributed by atoms with Crippen LogP contribution in [-0.4, -0.2) is 15.9 Å². The van der Waals surface area contributed by atoms with Gasteiger partial charge in [0, 0.05) is 53.4 Å². The molecular weight excluding hydrogens is 441 g/mol. The fraction of sp³-hybridized carbons (Fsp3) is 0.130. The molecule has 4 aromatic rings. The Labute approximate surface area is 189 Å². The van der Waals surface area contributed by atoms with Gasteiger partial charge >= 0.3 is 0 Å². The second-order valence-electron chi connectivity index (χ2n) is 7.00. The number of H-pyrrole nitrogens is 1. The van der Waals surface area contributed by atoms with Crippen molar-refractivity contribution in [2.75, 3.05) is 0 Å². The Morgan fingerprint density at radius 2 is 1.80 bits per heavy atom. The first-order valence-corrected chi connectivity index (χ1v) is 10.5. The van der Waals surface area contributed by atoms with Crippen LogP contribution in [0, 0.1) is 0 Å². The second kappa shape index (κ2) is 9.09. The molecule has 1 atom stereocenters. The van der Waals surface area contributed by atoms with E-state index in [1.54, 1.807) is 18.5 Å². The zero-order valence-corrected chi connectivity index (χ0v) is 18.1. The zero-order valence-electron chi connectivity index (χ0n) is 15.8. The number of aromatic amines is 1. The Balaban J connectivity index is 1.65. The van der Waals surface area contributed by atoms with E-state index in [2.05, 4.69) is 15.3 Å². The summed E-state index contributed by atoms with van der Waals surface area (Å²) in [6.45, 7) is 0.440. The quantitative estimate of drug-likeness (QED) is 0.353. The summed E-state index contributed by atoms with van der Waals surface area (Å²) in [6, 6.07) is 14.9. The van der Waals surface area contributed by atoms with Crippen LogP contribution in [0.2, 0.25) is 15.1 Å². The van der Waals surface area contributed by atoms with E-state index in [1.807, 2.05) is 48.7 Å². The lowest BCUT2D eigenvalue weighted by molar-refractivity contribution is -0.121. The minimum atomic E-state index is -0.218. The third-order valence-electron chi connectivity index (χ3n) is 5.03. The van der Waals surface area contributed by atoms with Gasteiger partial charge in [-0.3, -0.25) is 9.78 Å². The molecule has 4 rings (SSSR count). The molecule has 0 aliphatic carbocycles. The van der Waals surface area contributed by atoms with E-state index < -0.39 is 0 Å². The third-order valence-corrected chi connectivity index (χ3v) is 6.00. The Kier molecular flexibility index (Phi) is 6.28. The van der Waals surface area contributed by atoms with Gasteiger partial charge in [0.25, 0.3) is 0 Å². The first-order chi connectivity index (χ1) is 14.5. The number of aromatic nitrogens is 2. The Morgan fingerprint density at radius 1 is 1.00 bits per heavy atom. The summed E-state index contributed by atoms with van der Waals surface area (Å²) in [4.78, 5) is 20.1.